The molecule has 0 amide bonds. The van der Waals surface area contributed by atoms with E-state index in [4.69, 9.17) is 25.8 Å². The molecule has 8 heteroatoms. The molecule has 4 rings (SSSR count). The summed E-state index contributed by atoms with van der Waals surface area (Å²) >= 11 is 6.15. The SMILES string of the molecule is Cc1cc(C)n(-c2ccc(Cl)c(C(=O)OCc3ccc4c(c3)OCO4)n2)n1. The molecular weight excluding hydrogens is 370 g/mol. The molecule has 27 heavy (non-hydrogen) atoms. The Kier molecular flexibility index (Phi) is 4.45. The molecule has 0 N–H and O–H groups in total. The van der Waals surface area contributed by atoms with Crippen LogP contribution in [0, 0.1) is 13.8 Å². The van der Waals surface area contributed by atoms with Crippen LogP contribution in [0.3, 0.4) is 0 Å². The van der Waals surface area contributed by atoms with Crippen molar-refractivity contribution < 1.29 is 19.0 Å². The van der Waals surface area contributed by atoms with Crippen LogP contribution in [0.25, 0.3) is 5.82 Å². The number of hydrogen-bond donors (Lipinski definition) is 0. The number of aryl methyl sites for hydroxylation is 2. The predicted octanol–water partition coefficient (Wildman–Crippen LogP) is 3.62. The van der Waals surface area contributed by atoms with Crippen molar-refractivity contribution in [3.8, 4) is 17.3 Å². The fourth-order valence-electron chi connectivity index (χ4n) is 2.80. The van der Waals surface area contributed by atoms with Gasteiger partial charge in [-0.3, -0.25) is 0 Å². The van der Waals surface area contributed by atoms with Crippen molar-refractivity contribution in [2.75, 3.05) is 6.79 Å². The molecule has 3 aromatic rings. The molecule has 138 valence electrons. The van der Waals surface area contributed by atoms with E-state index in [-0.39, 0.29) is 24.1 Å². The molecule has 3 heterocycles. The van der Waals surface area contributed by atoms with Gasteiger partial charge >= 0.3 is 5.97 Å². The van der Waals surface area contributed by atoms with Crippen molar-refractivity contribution in [3.05, 3.63) is 64.1 Å². The number of pyridine rings is 1. The van der Waals surface area contributed by atoms with E-state index in [0.717, 1.165) is 17.0 Å². The zero-order valence-electron chi connectivity index (χ0n) is 14.7. The monoisotopic (exact) mass is 385 g/mol. The summed E-state index contributed by atoms with van der Waals surface area (Å²) in [6, 6.07) is 10.6. The third-order valence-electron chi connectivity index (χ3n) is 4.06. The topological polar surface area (TPSA) is 75.5 Å². The minimum atomic E-state index is -0.610. The lowest BCUT2D eigenvalue weighted by Crippen LogP contribution is -2.11. The van der Waals surface area contributed by atoms with Gasteiger partial charge in [-0.15, -0.1) is 0 Å². The molecule has 2 aromatic heterocycles. The second-order valence-electron chi connectivity index (χ2n) is 6.10. The number of ether oxygens (including phenoxy) is 3. The van der Waals surface area contributed by atoms with Gasteiger partial charge in [0.1, 0.15) is 6.61 Å². The Morgan fingerprint density at radius 1 is 1.19 bits per heavy atom. The molecule has 0 radical (unpaired) electrons. The van der Waals surface area contributed by atoms with Crippen LogP contribution < -0.4 is 9.47 Å². The van der Waals surface area contributed by atoms with Gasteiger partial charge in [-0.1, -0.05) is 17.7 Å². The smallest absolute Gasteiger partial charge is 0.358 e. The van der Waals surface area contributed by atoms with Crippen LogP contribution in [0.5, 0.6) is 11.5 Å². The maximum Gasteiger partial charge on any atom is 0.358 e. The van der Waals surface area contributed by atoms with Gasteiger partial charge in [0.15, 0.2) is 23.0 Å². The van der Waals surface area contributed by atoms with Crippen molar-refractivity contribution in [3.63, 3.8) is 0 Å². The number of carbonyl (C=O) groups excluding carboxylic acids is 1. The predicted molar refractivity (Wildman–Crippen MR) is 97.5 cm³/mol. The highest BCUT2D eigenvalue weighted by Crippen LogP contribution is 2.32. The van der Waals surface area contributed by atoms with Crippen molar-refractivity contribution in [1.82, 2.24) is 14.8 Å². The van der Waals surface area contributed by atoms with Gasteiger partial charge in [0.05, 0.1) is 10.7 Å². The quantitative estimate of drug-likeness (QED) is 0.638. The highest BCUT2D eigenvalue weighted by Gasteiger charge is 2.18. The number of nitrogens with zero attached hydrogens (tertiary/aromatic N) is 3. The highest BCUT2D eigenvalue weighted by molar-refractivity contribution is 6.33. The summed E-state index contributed by atoms with van der Waals surface area (Å²) in [5, 5.41) is 4.59. The molecule has 1 aromatic carbocycles. The van der Waals surface area contributed by atoms with E-state index in [0.29, 0.717) is 17.3 Å². The molecule has 0 unspecified atom stereocenters. The highest BCUT2D eigenvalue weighted by atomic mass is 35.5. The summed E-state index contributed by atoms with van der Waals surface area (Å²) in [6.45, 7) is 4.06. The fourth-order valence-corrected chi connectivity index (χ4v) is 2.98. The molecule has 0 saturated heterocycles. The third-order valence-corrected chi connectivity index (χ3v) is 4.36. The fraction of sp³-hybridized carbons (Fsp3) is 0.211. The minimum Gasteiger partial charge on any atom is -0.456 e. The van der Waals surface area contributed by atoms with E-state index in [1.165, 1.54) is 0 Å². The number of rotatable bonds is 4. The minimum absolute atomic E-state index is 0.0439. The summed E-state index contributed by atoms with van der Waals surface area (Å²) in [5.74, 6) is 1.19. The van der Waals surface area contributed by atoms with Gasteiger partial charge in [-0.25, -0.2) is 14.5 Å². The van der Waals surface area contributed by atoms with Gasteiger partial charge in [0, 0.05) is 5.69 Å². The molecule has 7 nitrogen and oxygen atoms in total. The molecule has 0 aliphatic carbocycles. The summed E-state index contributed by atoms with van der Waals surface area (Å²) in [5.41, 5.74) is 2.58. The maximum absolute atomic E-state index is 12.5. The Morgan fingerprint density at radius 3 is 2.78 bits per heavy atom. The molecule has 1 aliphatic heterocycles. The number of benzene rings is 1. The van der Waals surface area contributed by atoms with Crippen LogP contribution in [0.15, 0.2) is 36.4 Å². The summed E-state index contributed by atoms with van der Waals surface area (Å²) < 4.78 is 17.6. The molecule has 0 fully saturated rings. The summed E-state index contributed by atoms with van der Waals surface area (Å²) in [6.07, 6.45) is 0. The first-order chi connectivity index (χ1) is 13.0. The number of esters is 1. The second kappa shape index (κ2) is 6.92. The number of fused-ring (bicyclic) bond motifs is 1. The van der Waals surface area contributed by atoms with Gasteiger partial charge < -0.3 is 14.2 Å². The second-order valence-corrected chi connectivity index (χ2v) is 6.51. The average Bonchev–Trinajstić information content (AvgIpc) is 3.25. The van der Waals surface area contributed by atoms with Crippen molar-refractivity contribution in [2.24, 2.45) is 0 Å². The molecule has 0 spiro atoms. The number of hydrogen-bond acceptors (Lipinski definition) is 6. The van der Waals surface area contributed by atoms with Crippen molar-refractivity contribution in [2.45, 2.75) is 20.5 Å². The average molecular weight is 386 g/mol. The van der Waals surface area contributed by atoms with Gasteiger partial charge in [0.25, 0.3) is 0 Å². The van der Waals surface area contributed by atoms with Gasteiger partial charge in [-0.2, -0.15) is 5.10 Å². The number of aromatic nitrogens is 3. The van der Waals surface area contributed by atoms with Gasteiger partial charge in [-0.05, 0) is 49.7 Å². The Morgan fingerprint density at radius 2 is 2.00 bits per heavy atom. The first-order valence-electron chi connectivity index (χ1n) is 8.27. The largest absolute Gasteiger partial charge is 0.456 e. The molecular formula is C19H16ClN3O4. The standard InChI is InChI=1S/C19H16ClN3O4/c1-11-7-12(2)23(22-11)17-6-4-14(20)18(21-17)19(24)25-9-13-3-5-15-16(8-13)27-10-26-15/h3-8H,9-10H2,1-2H3. The van der Waals surface area contributed by atoms with Crippen LogP contribution >= 0.6 is 11.6 Å². The van der Waals surface area contributed by atoms with E-state index >= 15 is 0 Å². The number of halogens is 1. The lowest BCUT2D eigenvalue weighted by Gasteiger charge is -2.09. The zero-order chi connectivity index (χ0) is 19.0. The lowest BCUT2D eigenvalue weighted by atomic mass is 10.2. The van der Waals surface area contributed by atoms with E-state index in [1.54, 1.807) is 28.9 Å². The molecule has 0 bridgehead atoms. The Labute approximate surface area is 160 Å². The molecule has 0 saturated carbocycles. The molecule has 1 aliphatic rings. The third kappa shape index (κ3) is 3.46. The van der Waals surface area contributed by atoms with Gasteiger partial charge in [0.2, 0.25) is 6.79 Å². The molecule has 0 atom stereocenters. The normalized spacial score (nSPS) is 12.3. The first kappa shape index (κ1) is 17.4. The van der Waals surface area contributed by atoms with Crippen LogP contribution in [0.4, 0.5) is 0 Å². The summed E-state index contributed by atoms with van der Waals surface area (Å²) in [4.78, 5) is 16.8. The lowest BCUT2D eigenvalue weighted by molar-refractivity contribution is 0.0465. The van der Waals surface area contributed by atoms with Crippen LogP contribution in [0.2, 0.25) is 5.02 Å². The van der Waals surface area contributed by atoms with Crippen LogP contribution in [-0.4, -0.2) is 27.5 Å². The summed E-state index contributed by atoms with van der Waals surface area (Å²) in [7, 11) is 0. The van der Waals surface area contributed by atoms with Crippen molar-refractivity contribution in [1.29, 1.82) is 0 Å². The van der Waals surface area contributed by atoms with E-state index in [9.17, 15) is 4.79 Å². The van der Waals surface area contributed by atoms with E-state index in [1.807, 2.05) is 26.0 Å². The van der Waals surface area contributed by atoms with Crippen LogP contribution in [-0.2, 0) is 11.3 Å². The van der Waals surface area contributed by atoms with E-state index < -0.39 is 5.97 Å². The first-order valence-corrected chi connectivity index (χ1v) is 8.65. The Balaban J connectivity index is 1.53. The number of carbonyl (C=O) groups is 1. The Hall–Kier alpha value is -3.06. The van der Waals surface area contributed by atoms with Crippen LogP contribution in [0.1, 0.15) is 27.4 Å². The zero-order valence-corrected chi connectivity index (χ0v) is 15.5. The van der Waals surface area contributed by atoms with E-state index in [2.05, 4.69) is 10.1 Å². The Bertz CT molecular complexity index is 1030. The van der Waals surface area contributed by atoms with Crippen molar-refractivity contribution >= 4 is 17.6 Å². The maximum atomic E-state index is 12.5.